The molecule has 1 N–H and O–H groups in total. The third-order valence-electron chi connectivity index (χ3n) is 4.79. The molecule has 26 heavy (non-hydrogen) atoms. The minimum absolute atomic E-state index is 0.107. The molecule has 2 aliphatic heterocycles. The molecule has 2 fully saturated rings. The molecule has 1 amide bonds. The highest BCUT2D eigenvalue weighted by atomic mass is 16.5. The number of amides is 1. The molecular formula is C18H20N6O2. The third-order valence-corrected chi connectivity index (χ3v) is 4.79. The number of carbonyl (C=O) groups is 1. The van der Waals surface area contributed by atoms with Crippen LogP contribution in [0.4, 0.5) is 5.95 Å². The van der Waals surface area contributed by atoms with E-state index in [0.29, 0.717) is 31.0 Å². The van der Waals surface area contributed by atoms with Crippen LogP contribution >= 0.6 is 0 Å². The number of rotatable bonds is 3. The fraction of sp³-hybridized carbons (Fsp3) is 0.444. The van der Waals surface area contributed by atoms with Crippen molar-refractivity contribution < 1.29 is 9.53 Å². The Morgan fingerprint density at radius 1 is 1.35 bits per heavy atom. The average molecular weight is 352 g/mol. The number of H-pyrrole nitrogens is 1. The maximum absolute atomic E-state index is 12.7. The molecule has 0 bridgehead atoms. The number of nitrogens with one attached hydrogen (secondary N) is 1. The van der Waals surface area contributed by atoms with Gasteiger partial charge in [0.25, 0.3) is 5.91 Å². The zero-order valence-corrected chi connectivity index (χ0v) is 14.4. The predicted octanol–water partition coefficient (Wildman–Crippen LogP) is 1.49. The van der Waals surface area contributed by atoms with E-state index in [-0.39, 0.29) is 12.0 Å². The Labute approximate surface area is 151 Å². The van der Waals surface area contributed by atoms with Gasteiger partial charge >= 0.3 is 0 Å². The summed E-state index contributed by atoms with van der Waals surface area (Å²) in [6.07, 6.45) is 5.38. The van der Waals surface area contributed by atoms with Crippen LogP contribution in [0.5, 0.6) is 0 Å². The molecule has 8 nitrogen and oxygen atoms in total. The minimum atomic E-state index is -0.272. The summed E-state index contributed by atoms with van der Waals surface area (Å²) in [5.41, 5.74) is 1.66. The van der Waals surface area contributed by atoms with Gasteiger partial charge in [0.05, 0.1) is 24.4 Å². The Balaban J connectivity index is 1.49. The number of anilines is 1. The number of carbonyl (C=O) groups excluding carboxylic acids is 1. The summed E-state index contributed by atoms with van der Waals surface area (Å²) in [5, 5.41) is 8.91. The van der Waals surface area contributed by atoms with Gasteiger partial charge < -0.3 is 19.5 Å². The summed E-state index contributed by atoms with van der Waals surface area (Å²) in [4.78, 5) is 28.4. The number of morpholine rings is 1. The first-order chi connectivity index (χ1) is 12.7. The van der Waals surface area contributed by atoms with Gasteiger partial charge in [-0.05, 0) is 25.0 Å². The van der Waals surface area contributed by atoms with E-state index in [0.717, 1.165) is 37.6 Å². The van der Waals surface area contributed by atoms with Crippen molar-refractivity contribution in [2.45, 2.75) is 18.9 Å². The van der Waals surface area contributed by atoms with Crippen LogP contribution in [0.15, 0.2) is 24.5 Å². The van der Waals surface area contributed by atoms with Crippen molar-refractivity contribution in [2.75, 3.05) is 37.7 Å². The van der Waals surface area contributed by atoms with Crippen LogP contribution in [-0.2, 0) is 4.74 Å². The Hall–Kier alpha value is -2.92. The van der Waals surface area contributed by atoms with Gasteiger partial charge in [-0.1, -0.05) is 0 Å². The second kappa shape index (κ2) is 7.14. The van der Waals surface area contributed by atoms with Gasteiger partial charge in [-0.25, -0.2) is 9.97 Å². The van der Waals surface area contributed by atoms with Gasteiger partial charge in [0.1, 0.15) is 17.9 Å². The highest BCUT2D eigenvalue weighted by Crippen LogP contribution is 2.24. The topological polar surface area (TPSA) is 98.1 Å². The van der Waals surface area contributed by atoms with E-state index in [1.807, 2.05) is 12.1 Å². The van der Waals surface area contributed by atoms with Crippen LogP contribution in [0, 0.1) is 11.3 Å². The summed E-state index contributed by atoms with van der Waals surface area (Å²) in [5.74, 6) is 0.626. The van der Waals surface area contributed by atoms with Crippen LogP contribution in [0.25, 0.3) is 0 Å². The number of hydrogen-bond donors (Lipinski definition) is 1. The van der Waals surface area contributed by atoms with E-state index < -0.39 is 0 Å². The summed E-state index contributed by atoms with van der Waals surface area (Å²) in [6, 6.07) is 5.42. The van der Waals surface area contributed by atoms with E-state index in [9.17, 15) is 4.79 Å². The minimum Gasteiger partial charge on any atom is -0.368 e. The molecule has 2 aliphatic rings. The molecule has 0 spiro atoms. The molecule has 2 saturated heterocycles. The molecule has 8 heteroatoms. The number of aromatic amines is 1. The maximum atomic E-state index is 12.7. The quantitative estimate of drug-likeness (QED) is 0.899. The summed E-state index contributed by atoms with van der Waals surface area (Å²) in [7, 11) is 0. The lowest BCUT2D eigenvalue weighted by molar-refractivity contribution is -0.0247. The number of nitrogens with zero attached hydrogens (tertiary/aromatic N) is 5. The molecule has 4 heterocycles. The molecule has 0 radical (unpaired) electrons. The standard InChI is InChI=1S/C18H20N6O2/c19-10-14-9-13(11-21-14)17(25)24-7-8-26-16(12-24)15-3-4-20-18(22-15)23-5-1-2-6-23/h3-4,9,11,16,21H,1-2,5-8,12H2/t16-/m0/s1. The monoisotopic (exact) mass is 352 g/mol. The van der Waals surface area contributed by atoms with Crippen LogP contribution < -0.4 is 4.90 Å². The maximum Gasteiger partial charge on any atom is 0.255 e. The van der Waals surface area contributed by atoms with Gasteiger partial charge in [0.2, 0.25) is 5.95 Å². The van der Waals surface area contributed by atoms with Crippen molar-refractivity contribution in [3.63, 3.8) is 0 Å². The van der Waals surface area contributed by atoms with Crippen molar-refractivity contribution >= 4 is 11.9 Å². The molecule has 1 atom stereocenters. The number of hydrogen-bond acceptors (Lipinski definition) is 6. The lowest BCUT2D eigenvalue weighted by atomic mass is 10.1. The normalized spacial score (nSPS) is 20.2. The van der Waals surface area contributed by atoms with Crippen molar-refractivity contribution in [2.24, 2.45) is 0 Å². The molecule has 0 saturated carbocycles. The predicted molar refractivity (Wildman–Crippen MR) is 93.6 cm³/mol. The van der Waals surface area contributed by atoms with Crippen LogP contribution in [0.2, 0.25) is 0 Å². The van der Waals surface area contributed by atoms with E-state index in [1.165, 1.54) is 0 Å². The highest BCUT2D eigenvalue weighted by molar-refractivity contribution is 5.94. The average Bonchev–Trinajstić information content (AvgIpc) is 3.39. The molecule has 4 rings (SSSR count). The fourth-order valence-electron chi connectivity index (χ4n) is 3.39. The van der Waals surface area contributed by atoms with Crippen molar-refractivity contribution in [3.05, 3.63) is 41.5 Å². The second-order valence-electron chi connectivity index (χ2n) is 6.50. The van der Waals surface area contributed by atoms with Crippen LogP contribution in [0.3, 0.4) is 0 Å². The van der Waals surface area contributed by atoms with Gasteiger partial charge in [-0.3, -0.25) is 4.79 Å². The van der Waals surface area contributed by atoms with E-state index >= 15 is 0 Å². The van der Waals surface area contributed by atoms with Crippen molar-refractivity contribution in [1.29, 1.82) is 5.26 Å². The first-order valence-electron chi connectivity index (χ1n) is 8.82. The highest BCUT2D eigenvalue weighted by Gasteiger charge is 2.28. The van der Waals surface area contributed by atoms with E-state index in [1.54, 1.807) is 23.4 Å². The SMILES string of the molecule is N#Cc1cc(C(=O)N2CCO[C@H](c3ccnc(N4CCCC4)n3)C2)c[nH]1. The van der Waals surface area contributed by atoms with Gasteiger partial charge in [0.15, 0.2) is 0 Å². The summed E-state index contributed by atoms with van der Waals surface area (Å²) >= 11 is 0. The molecule has 0 unspecified atom stereocenters. The molecule has 0 aliphatic carbocycles. The van der Waals surface area contributed by atoms with Gasteiger partial charge in [0, 0.05) is 32.0 Å². The molecule has 2 aromatic heterocycles. The molecule has 134 valence electrons. The van der Waals surface area contributed by atoms with E-state index in [2.05, 4.69) is 19.9 Å². The van der Waals surface area contributed by atoms with E-state index in [4.69, 9.17) is 10.00 Å². The molecular weight excluding hydrogens is 332 g/mol. The third kappa shape index (κ3) is 3.26. The Kier molecular flexibility index (Phi) is 4.54. The Bertz CT molecular complexity index is 836. The first kappa shape index (κ1) is 16.5. The smallest absolute Gasteiger partial charge is 0.255 e. The Morgan fingerprint density at radius 2 is 2.19 bits per heavy atom. The molecule has 0 aromatic carbocycles. The lowest BCUT2D eigenvalue weighted by Gasteiger charge is -2.32. The number of aromatic nitrogens is 3. The van der Waals surface area contributed by atoms with Crippen LogP contribution in [0.1, 0.15) is 40.7 Å². The lowest BCUT2D eigenvalue weighted by Crippen LogP contribution is -2.42. The second-order valence-corrected chi connectivity index (χ2v) is 6.50. The Morgan fingerprint density at radius 3 is 2.96 bits per heavy atom. The molecule has 2 aromatic rings. The zero-order chi connectivity index (χ0) is 17.9. The van der Waals surface area contributed by atoms with Crippen molar-refractivity contribution in [3.8, 4) is 6.07 Å². The van der Waals surface area contributed by atoms with Crippen LogP contribution in [-0.4, -0.2) is 58.5 Å². The summed E-state index contributed by atoms with van der Waals surface area (Å²) < 4.78 is 5.86. The fourth-order valence-corrected chi connectivity index (χ4v) is 3.39. The first-order valence-corrected chi connectivity index (χ1v) is 8.82. The number of ether oxygens (including phenoxy) is 1. The van der Waals surface area contributed by atoms with Crippen molar-refractivity contribution in [1.82, 2.24) is 19.9 Å². The largest absolute Gasteiger partial charge is 0.368 e. The number of nitriles is 1. The summed E-state index contributed by atoms with van der Waals surface area (Å²) in [6.45, 7) is 3.37. The zero-order valence-electron chi connectivity index (χ0n) is 14.4. The van der Waals surface area contributed by atoms with Gasteiger partial charge in [-0.15, -0.1) is 0 Å². The van der Waals surface area contributed by atoms with Gasteiger partial charge in [-0.2, -0.15) is 5.26 Å².